The van der Waals surface area contributed by atoms with Crippen LogP contribution in [0, 0.1) is 26.7 Å². The van der Waals surface area contributed by atoms with E-state index in [4.69, 9.17) is 0 Å². The van der Waals surface area contributed by atoms with Gasteiger partial charge in [0.05, 0.1) is 5.92 Å². The summed E-state index contributed by atoms with van der Waals surface area (Å²) in [6.07, 6.45) is 0.220. The van der Waals surface area contributed by atoms with E-state index in [0.29, 0.717) is 11.7 Å². The maximum Gasteiger partial charge on any atom is 0.231 e. The third kappa shape index (κ3) is 3.10. The molecule has 0 radical (unpaired) electrons. The smallest absolute Gasteiger partial charge is 0.231 e. The lowest BCUT2D eigenvalue weighted by atomic mass is 10.1. The van der Waals surface area contributed by atoms with Crippen LogP contribution in [-0.2, 0) is 9.59 Å². The van der Waals surface area contributed by atoms with E-state index in [0.717, 1.165) is 21.8 Å². The van der Waals surface area contributed by atoms with Crippen molar-refractivity contribution >= 4 is 34.0 Å². The Bertz CT molecular complexity index is 751. The molecule has 6 nitrogen and oxygen atoms in total. The van der Waals surface area contributed by atoms with Crippen LogP contribution in [0.4, 0.5) is 10.8 Å². The van der Waals surface area contributed by atoms with E-state index in [1.54, 1.807) is 4.90 Å². The summed E-state index contributed by atoms with van der Waals surface area (Å²) in [5, 5.41) is 11.8. The van der Waals surface area contributed by atoms with E-state index in [9.17, 15) is 9.59 Å². The fraction of sp³-hybridized carbons (Fsp3) is 0.375. The van der Waals surface area contributed by atoms with Gasteiger partial charge in [0.1, 0.15) is 5.01 Å². The molecular formula is C16H18N4O2S. The van der Waals surface area contributed by atoms with Crippen LogP contribution in [0.25, 0.3) is 0 Å². The minimum absolute atomic E-state index is 0.0176. The van der Waals surface area contributed by atoms with Crippen molar-refractivity contribution in [3.05, 3.63) is 34.3 Å². The molecule has 0 unspecified atom stereocenters. The summed E-state index contributed by atoms with van der Waals surface area (Å²) in [6.45, 7) is 6.18. The van der Waals surface area contributed by atoms with Crippen LogP contribution in [0.2, 0.25) is 0 Å². The highest BCUT2D eigenvalue weighted by Gasteiger charge is 2.36. The van der Waals surface area contributed by atoms with Crippen molar-refractivity contribution in [3.63, 3.8) is 0 Å². The zero-order chi connectivity index (χ0) is 16.6. The second-order valence-electron chi connectivity index (χ2n) is 5.76. The van der Waals surface area contributed by atoms with Crippen LogP contribution < -0.4 is 10.2 Å². The molecule has 1 fully saturated rings. The quantitative estimate of drug-likeness (QED) is 0.938. The molecule has 1 N–H and O–H groups in total. The van der Waals surface area contributed by atoms with Crippen molar-refractivity contribution in [3.8, 4) is 0 Å². The van der Waals surface area contributed by atoms with Crippen molar-refractivity contribution in [2.24, 2.45) is 5.92 Å². The number of anilines is 2. The molecule has 0 spiro atoms. The van der Waals surface area contributed by atoms with Crippen molar-refractivity contribution in [2.75, 3.05) is 16.8 Å². The van der Waals surface area contributed by atoms with Crippen LogP contribution in [-0.4, -0.2) is 28.6 Å². The summed E-state index contributed by atoms with van der Waals surface area (Å²) in [5.41, 5.74) is 3.00. The molecule has 3 rings (SSSR count). The average molecular weight is 330 g/mol. The van der Waals surface area contributed by atoms with Gasteiger partial charge in [-0.05, 0) is 31.9 Å². The highest BCUT2D eigenvalue weighted by atomic mass is 32.1. The second kappa shape index (κ2) is 6.08. The molecule has 0 bridgehead atoms. The number of carbonyl (C=O) groups excluding carboxylic acids is 2. The number of nitrogens with zero attached hydrogens (tertiary/aromatic N) is 3. The molecule has 2 heterocycles. The first-order chi connectivity index (χ1) is 11.0. The first kappa shape index (κ1) is 15.6. The lowest BCUT2D eigenvalue weighted by molar-refractivity contribution is -0.122. The average Bonchev–Trinajstić information content (AvgIpc) is 3.06. The van der Waals surface area contributed by atoms with Gasteiger partial charge in [0.15, 0.2) is 0 Å². The predicted octanol–water partition coefficient (Wildman–Crippen LogP) is 2.45. The summed E-state index contributed by atoms with van der Waals surface area (Å²) in [5.74, 6) is -0.565. The van der Waals surface area contributed by atoms with Gasteiger partial charge in [-0.25, -0.2) is 0 Å². The molecule has 0 aliphatic carbocycles. The first-order valence-electron chi connectivity index (χ1n) is 7.43. The van der Waals surface area contributed by atoms with Gasteiger partial charge in [0.25, 0.3) is 0 Å². The molecule has 2 amide bonds. The summed E-state index contributed by atoms with van der Waals surface area (Å²) < 4.78 is 0. The minimum Gasteiger partial charge on any atom is -0.311 e. The molecular weight excluding hydrogens is 312 g/mol. The number of para-hydroxylation sites is 1. The maximum absolute atomic E-state index is 12.4. The Morgan fingerprint density at radius 2 is 1.96 bits per heavy atom. The number of nitrogens with one attached hydrogen (secondary N) is 1. The number of hydrogen-bond acceptors (Lipinski definition) is 5. The molecule has 1 saturated heterocycles. The van der Waals surface area contributed by atoms with E-state index in [-0.39, 0.29) is 24.2 Å². The van der Waals surface area contributed by atoms with E-state index in [2.05, 4.69) is 15.5 Å². The lowest BCUT2D eigenvalue weighted by Crippen LogP contribution is -2.29. The van der Waals surface area contributed by atoms with Crippen molar-refractivity contribution < 1.29 is 9.59 Å². The van der Waals surface area contributed by atoms with Gasteiger partial charge in [0, 0.05) is 18.7 Å². The molecule has 120 valence electrons. The summed E-state index contributed by atoms with van der Waals surface area (Å²) >= 11 is 1.33. The molecule has 1 aromatic heterocycles. The number of aryl methyl sites for hydroxylation is 3. The van der Waals surface area contributed by atoms with Gasteiger partial charge in [-0.3, -0.25) is 9.59 Å². The molecule has 1 atom stereocenters. The standard InChI is InChI=1S/C16H18N4O2S/c1-9-5-4-6-10(2)14(9)20-8-12(7-13(20)21)15(22)17-16-19-18-11(3)23-16/h4-6,12H,7-8H2,1-3H3,(H,17,19,22)/t12-/m0/s1. The first-order valence-corrected chi connectivity index (χ1v) is 8.25. The third-order valence-electron chi connectivity index (χ3n) is 3.96. The largest absolute Gasteiger partial charge is 0.311 e. The number of hydrogen-bond donors (Lipinski definition) is 1. The Balaban J connectivity index is 1.76. The fourth-order valence-corrected chi connectivity index (χ4v) is 3.48. The van der Waals surface area contributed by atoms with Gasteiger partial charge in [-0.1, -0.05) is 29.5 Å². The fourth-order valence-electron chi connectivity index (χ4n) is 2.89. The number of amides is 2. The topological polar surface area (TPSA) is 75.2 Å². The van der Waals surface area contributed by atoms with Crippen LogP contribution >= 0.6 is 11.3 Å². The van der Waals surface area contributed by atoms with Gasteiger partial charge < -0.3 is 10.2 Å². The zero-order valence-corrected chi connectivity index (χ0v) is 14.1. The molecule has 7 heteroatoms. The van der Waals surface area contributed by atoms with Crippen LogP contribution in [0.3, 0.4) is 0 Å². The van der Waals surface area contributed by atoms with Crippen LogP contribution in [0.1, 0.15) is 22.6 Å². The number of aromatic nitrogens is 2. The van der Waals surface area contributed by atoms with Gasteiger partial charge in [0.2, 0.25) is 16.9 Å². The molecule has 0 saturated carbocycles. The Morgan fingerprint density at radius 3 is 2.57 bits per heavy atom. The molecule has 23 heavy (non-hydrogen) atoms. The molecule has 1 aliphatic rings. The second-order valence-corrected chi connectivity index (χ2v) is 6.94. The van der Waals surface area contributed by atoms with E-state index < -0.39 is 0 Å². The Hall–Kier alpha value is -2.28. The molecule has 2 aromatic rings. The summed E-state index contributed by atoms with van der Waals surface area (Å²) in [6, 6.07) is 5.93. The van der Waals surface area contributed by atoms with Crippen molar-refractivity contribution in [1.82, 2.24) is 10.2 Å². The Morgan fingerprint density at radius 1 is 1.26 bits per heavy atom. The molecule has 1 aliphatic heterocycles. The maximum atomic E-state index is 12.4. The van der Waals surface area contributed by atoms with E-state index in [1.165, 1.54) is 11.3 Å². The predicted molar refractivity (Wildman–Crippen MR) is 89.7 cm³/mol. The number of benzene rings is 1. The van der Waals surface area contributed by atoms with Crippen LogP contribution in [0.15, 0.2) is 18.2 Å². The zero-order valence-electron chi connectivity index (χ0n) is 13.3. The van der Waals surface area contributed by atoms with Crippen molar-refractivity contribution in [2.45, 2.75) is 27.2 Å². The van der Waals surface area contributed by atoms with Gasteiger partial charge in [-0.2, -0.15) is 0 Å². The summed E-state index contributed by atoms with van der Waals surface area (Å²) in [4.78, 5) is 26.5. The Kier molecular flexibility index (Phi) is 4.12. The van der Waals surface area contributed by atoms with Crippen molar-refractivity contribution in [1.29, 1.82) is 0 Å². The highest BCUT2D eigenvalue weighted by molar-refractivity contribution is 7.15. The van der Waals surface area contributed by atoms with E-state index >= 15 is 0 Å². The monoisotopic (exact) mass is 330 g/mol. The van der Waals surface area contributed by atoms with Gasteiger partial charge in [-0.15, -0.1) is 10.2 Å². The normalized spacial score (nSPS) is 17.6. The molecule has 1 aromatic carbocycles. The third-order valence-corrected chi connectivity index (χ3v) is 4.72. The lowest BCUT2D eigenvalue weighted by Gasteiger charge is -2.21. The number of carbonyl (C=O) groups is 2. The summed E-state index contributed by atoms with van der Waals surface area (Å²) in [7, 11) is 0. The van der Waals surface area contributed by atoms with Crippen LogP contribution in [0.5, 0.6) is 0 Å². The minimum atomic E-state index is -0.370. The highest BCUT2D eigenvalue weighted by Crippen LogP contribution is 2.31. The Labute approximate surface area is 138 Å². The van der Waals surface area contributed by atoms with E-state index in [1.807, 2.05) is 39.0 Å². The van der Waals surface area contributed by atoms with Gasteiger partial charge >= 0.3 is 0 Å². The SMILES string of the molecule is Cc1nnc(NC(=O)[C@H]2CC(=O)N(c3c(C)cccc3C)C2)s1. The number of rotatable bonds is 3.